The largest absolute Gasteiger partial charge is 0.692 e. The molecule has 0 aromatic heterocycles. The van der Waals surface area contributed by atoms with E-state index in [9.17, 15) is 9.13 Å². The van der Waals surface area contributed by atoms with Crippen molar-refractivity contribution in [2.75, 3.05) is 12.3 Å². The van der Waals surface area contributed by atoms with Gasteiger partial charge in [0, 0.05) is 21.5 Å². The standard InChI is InChI=1S/C12H28O6P2.2HO3P/c13-19(14,15)11-9-7-5-3-1-2-4-6-8-10-12-20(16,17)18;2*1-4(2)3/h1-12H2,(H2,13,14,15)(H2,16,17,18);2*(H-,1,2,3)/p+2. The van der Waals surface area contributed by atoms with Crippen molar-refractivity contribution in [3.05, 3.63) is 0 Å². The summed E-state index contributed by atoms with van der Waals surface area (Å²) in [7, 11) is -13.4. The highest BCUT2D eigenvalue weighted by Crippen LogP contribution is 2.36. The predicted octanol–water partition coefficient (Wildman–Crippen LogP) is 2.50. The molecule has 0 radical (unpaired) electrons. The highest BCUT2D eigenvalue weighted by Gasteiger charge is 2.11. The number of hydrogen-bond acceptors (Lipinski definition) is 4. The van der Waals surface area contributed by atoms with Gasteiger partial charge in [-0.05, 0) is 12.8 Å². The first-order chi connectivity index (χ1) is 12.7. The maximum absolute atomic E-state index is 10.6. The smallest absolute Gasteiger partial charge is 0.324 e. The molecule has 0 aliphatic rings. The second-order valence-electron chi connectivity index (χ2n) is 5.82. The zero-order valence-electron chi connectivity index (χ0n) is 15.5. The van der Waals surface area contributed by atoms with E-state index in [2.05, 4.69) is 0 Å². The van der Waals surface area contributed by atoms with Crippen LogP contribution in [-0.4, -0.2) is 51.5 Å². The van der Waals surface area contributed by atoms with E-state index in [1.54, 1.807) is 0 Å². The van der Waals surface area contributed by atoms with Crippen LogP contribution >= 0.6 is 31.7 Å². The molecule has 28 heavy (non-hydrogen) atoms. The summed E-state index contributed by atoms with van der Waals surface area (Å²) in [4.78, 5) is 63.2. The SMILES string of the molecule is O=P(O)(O)CCCCCCCCCCCCP(=O)(O)O.O=[P+](O)O.O=[P+](O)O. The normalized spacial score (nSPS) is 11.0. The van der Waals surface area contributed by atoms with E-state index < -0.39 is 31.7 Å². The highest BCUT2D eigenvalue weighted by atomic mass is 31.2. The summed E-state index contributed by atoms with van der Waals surface area (Å²) in [6, 6.07) is 0. The van der Waals surface area contributed by atoms with Crippen molar-refractivity contribution < 1.29 is 57.4 Å². The second-order valence-corrected chi connectivity index (χ2v) is 10.4. The van der Waals surface area contributed by atoms with Crippen LogP contribution in [0.2, 0.25) is 0 Å². The molecule has 0 amide bonds. The Kier molecular flexibility index (Phi) is 24.3. The summed E-state index contributed by atoms with van der Waals surface area (Å²) in [6.45, 7) is 0. The summed E-state index contributed by atoms with van der Waals surface area (Å²) in [6.07, 6.45) is 9.34. The first kappa shape index (κ1) is 33.0. The van der Waals surface area contributed by atoms with Crippen LogP contribution in [-0.2, 0) is 18.3 Å². The topological polar surface area (TPSA) is 230 Å². The van der Waals surface area contributed by atoms with Gasteiger partial charge in [-0.3, -0.25) is 9.13 Å². The fourth-order valence-corrected chi connectivity index (χ4v) is 3.32. The molecule has 0 aromatic carbocycles. The summed E-state index contributed by atoms with van der Waals surface area (Å²) in [5.74, 6) is 0. The van der Waals surface area contributed by atoms with Gasteiger partial charge in [-0.1, -0.05) is 51.4 Å². The Hall–Kier alpha value is 0.340. The van der Waals surface area contributed by atoms with Gasteiger partial charge < -0.3 is 19.6 Å². The molecule has 0 rings (SSSR count). The Morgan fingerprint density at radius 2 is 0.607 bits per heavy atom. The molecule has 0 unspecified atom stereocenters. The van der Waals surface area contributed by atoms with Crippen LogP contribution in [0.1, 0.15) is 64.2 Å². The molecule has 0 aliphatic carbocycles. The van der Waals surface area contributed by atoms with E-state index in [1.807, 2.05) is 0 Å². The monoisotopic (exact) mass is 492 g/mol. The van der Waals surface area contributed by atoms with Gasteiger partial charge >= 0.3 is 31.7 Å². The zero-order chi connectivity index (χ0) is 22.6. The van der Waals surface area contributed by atoms with Crippen LogP contribution in [0.5, 0.6) is 0 Å². The molecule has 16 heteroatoms. The first-order valence-corrected chi connectivity index (χ1v) is 14.4. The van der Waals surface area contributed by atoms with E-state index in [0.717, 1.165) is 51.4 Å². The van der Waals surface area contributed by atoms with Gasteiger partial charge in [-0.2, -0.15) is 0 Å². The van der Waals surface area contributed by atoms with Crippen LogP contribution in [0.3, 0.4) is 0 Å². The molecule has 0 saturated carbocycles. The lowest BCUT2D eigenvalue weighted by Gasteiger charge is -2.05. The molecule has 0 aromatic rings. The summed E-state index contributed by atoms with van der Waals surface area (Å²) < 4.78 is 38.6. The number of hydrogen-bond donors (Lipinski definition) is 8. The molecule has 12 nitrogen and oxygen atoms in total. The Morgan fingerprint density at radius 1 is 0.464 bits per heavy atom. The molecule has 8 N–H and O–H groups in total. The van der Waals surface area contributed by atoms with Crippen molar-refractivity contribution in [3.8, 4) is 0 Å². The van der Waals surface area contributed by atoms with Gasteiger partial charge in [0.2, 0.25) is 0 Å². The third-order valence-electron chi connectivity index (χ3n) is 3.15. The number of unbranched alkanes of at least 4 members (excludes halogenated alkanes) is 9. The average molecular weight is 492 g/mol. The maximum Gasteiger partial charge on any atom is 0.692 e. The van der Waals surface area contributed by atoms with Gasteiger partial charge in [0.1, 0.15) is 0 Å². The minimum absolute atomic E-state index is 0.00737. The van der Waals surface area contributed by atoms with Crippen molar-refractivity contribution in [2.24, 2.45) is 0 Å². The van der Waals surface area contributed by atoms with Crippen molar-refractivity contribution in [1.82, 2.24) is 0 Å². The van der Waals surface area contributed by atoms with Crippen LogP contribution in [0.4, 0.5) is 0 Å². The van der Waals surface area contributed by atoms with Crippen LogP contribution < -0.4 is 0 Å². The molecule has 0 aliphatic heterocycles. The molecule has 170 valence electrons. The van der Waals surface area contributed by atoms with Crippen molar-refractivity contribution in [1.29, 1.82) is 0 Å². The van der Waals surface area contributed by atoms with Gasteiger partial charge in [-0.15, -0.1) is 19.6 Å². The van der Waals surface area contributed by atoms with Crippen LogP contribution in [0.25, 0.3) is 0 Å². The van der Waals surface area contributed by atoms with Crippen molar-refractivity contribution >= 4 is 31.7 Å². The highest BCUT2D eigenvalue weighted by molar-refractivity contribution is 7.52. The molecule has 0 bridgehead atoms. The number of rotatable bonds is 13. The van der Waals surface area contributed by atoms with Gasteiger partial charge in [0.25, 0.3) is 0 Å². The minimum Gasteiger partial charge on any atom is -0.324 e. The Balaban J connectivity index is -0.000000656. The van der Waals surface area contributed by atoms with Gasteiger partial charge in [-0.25, -0.2) is 0 Å². The molecule has 0 atom stereocenters. The lowest BCUT2D eigenvalue weighted by molar-refractivity contribution is 0.368. The average Bonchev–Trinajstić information content (AvgIpc) is 2.45. The fraction of sp³-hybridized carbons (Fsp3) is 1.00. The Bertz CT molecular complexity index is 437. The van der Waals surface area contributed by atoms with E-state index in [4.69, 9.17) is 48.3 Å². The maximum atomic E-state index is 10.6. The lowest BCUT2D eigenvalue weighted by Crippen LogP contribution is -1.89. The molecule has 0 heterocycles. The van der Waals surface area contributed by atoms with Crippen LogP contribution in [0.15, 0.2) is 0 Å². The molecular formula is C12H32O12P4+2. The minimum atomic E-state index is -3.81. The van der Waals surface area contributed by atoms with E-state index >= 15 is 0 Å². The Morgan fingerprint density at radius 3 is 0.750 bits per heavy atom. The van der Waals surface area contributed by atoms with Gasteiger partial charge in [0.05, 0.1) is 0 Å². The third-order valence-corrected chi connectivity index (χ3v) is 4.95. The van der Waals surface area contributed by atoms with Crippen LogP contribution in [0, 0.1) is 0 Å². The second kappa shape index (κ2) is 20.6. The fourth-order valence-electron chi connectivity index (χ4n) is 2.05. The molecule has 0 fully saturated rings. The molecule has 0 spiro atoms. The third kappa shape index (κ3) is 56.3. The Labute approximate surface area is 166 Å². The summed E-state index contributed by atoms with van der Waals surface area (Å²) in [5.41, 5.74) is 0. The lowest BCUT2D eigenvalue weighted by atomic mass is 10.1. The molecule has 0 saturated heterocycles. The van der Waals surface area contributed by atoms with Crippen molar-refractivity contribution in [2.45, 2.75) is 64.2 Å². The van der Waals surface area contributed by atoms with E-state index in [1.165, 1.54) is 0 Å². The zero-order valence-corrected chi connectivity index (χ0v) is 19.1. The van der Waals surface area contributed by atoms with Gasteiger partial charge in [0.15, 0.2) is 0 Å². The predicted molar refractivity (Wildman–Crippen MR) is 104 cm³/mol. The first-order valence-electron chi connectivity index (χ1n) is 8.46. The van der Waals surface area contributed by atoms with E-state index in [0.29, 0.717) is 12.8 Å². The van der Waals surface area contributed by atoms with E-state index in [-0.39, 0.29) is 12.3 Å². The van der Waals surface area contributed by atoms with Crippen molar-refractivity contribution in [3.63, 3.8) is 0 Å². The molecular weight excluding hydrogens is 460 g/mol. The summed E-state index contributed by atoms with van der Waals surface area (Å²) >= 11 is 0. The summed E-state index contributed by atoms with van der Waals surface area (Å²) in [5, 5.41) is 0. The quantitative estimate of drug-likeness (QED) is 0.137.